The number of pyridine rings is 1. The summed E-state index contributed by atoms with van der Waals surface area (Å²) in [5.41, 5.74) is 3.81. The molecular formula is C32H33N5O3. The van der Waals surface area contributed by atoms with E-state index in [1.807, 2.05) is 48.5 Å². The van der Waals surface area contributed by atoms with Gasteiger partial charge in [-0.1, -0.05) is 42.5 Å². The van der Waals surface area contributed by atoms with E-state index >= 15 is 0 Å². The summed E-state index contributed by atoms with van der Waals surface area (Å²) < 4.78 is 0. The molecule has 204 valence electrons. The molecule has 2 fully saturated rings. The van der Waals surface area contributed by atoms with Crippen LogP contribution in [0.1, 0.15) is 54.0 Å². The fourth-order valence-electron chi connectivity index (χ4n) is 7.38. The molecule has 0 radical (unpaired) electrons. The van der Waals surface area contributed by atoms with E-state index in [0.29, 0.717) is 31.6 Å². The zero-order chi connectivity index (χ0) is 27.3. The second-order valence-electron chi connectivity index (χ2n) is 11.7. The van der Waals surface area contributed by atoms with Crippen molar-refractivity contribution in [3.63, 3.8) is 0 Å². The number of hydrogen-bond donors (Lipinski definition) is 3. The standard InChI is InChI=1S/C32H33N5O3/c38-27-9-4-13-32(27)20-37(26(12-15-34-32)21-6-2-1-3-7-21)19-28(39)35-24-11-10-22-17-31(18-23(22)16-24)25-8-5-14-33-29(25)36-30(31)40/h1-3,5-8,10-11,14,16,26,34H,4,9,12-13,15,17-20H2,(H,35,39)(H,33,36,40)/t26-,31+,32?/m0/s1. The Morgan fingerprint density at radius 3 is 2.73 bits per heavy atom. The van der Waals surface area contributed by atoms with Crippen LogP contribution in [0.25, 0.3) is 0 Å². The average Bonchev–Trinajstić information content (AvgIpc) is 3.55. The maximum absolute atomic E-state index is 13.5. The van der Waals surface area contributed by atoms with Crippen LogP contribution in [-0.4, -0.2) is 52.7 Å². The zero-order valence-electron chi connectivity index (χ0n) is 22.4. The normalized spacial score (nSPS) is 27.4. The third-order valence-corrected chi connectivity index (χ3v) is 9.33. The Balaban J connectivity index is 1.11. The van der Waals surface area contributed by atoms with Gasteiger partial charge in [-0.3, -0.25) is 19.3 Å². The lowest BCUT2D eigenvalue weighted by molar-refractivity contribution is -0.125. The van der Waals surface area contributed by atoms with Gasteiger partial charge in [0.1, 0.15) is 5.82 Å². The van der Waals surface area contributed by atoms with Crippen molar-refractivity contribution in [2.24, 2.45) is 0 Å². The molecular weight excluding hydrogens is 502 g/mol. The van der Waals surface area contributed by atoms with Gasteiger partial charge in [-0.15, -0.1) is 0 Å². The van der Waals surface area contributed by atoms with E-state index in [2.05, 4.69) is 38.0 Å². The highest BCUT2D eigenvalue weighted by atomic mass is 16.2. The second-order valence-corrected chi connectivity index (χ2v) is 11.7. The molecule has 8 heteroatoms. The van der Waals surface area contributed by atoms with Gasteiger partial charge in [-0.2, -0.15) is 0 Å². The molecule has 3 N–H and O–H groups in total. The van der Waals surface area contributed by atoms with E-state index in [-0.39, 0.29) is 30.2 Å². The molecule has 1 unspecified atom stereocenters. The van der Waals surface area contributed by atoms with Crippen molar-refractivity contribution in [2.45, 2.75) is 55.5 Å². The number of nitrogens with zero attached hydrogens (tertiary/aromatic N) is 2. The first-order chi connectivity index (χ1) is 19.5. The van der Waals surface area contributed by atoms with Crippen molar-refractivity contribution in [2.75, 3.05) is 30.3 Å². The van der Waals surface area contributed by atoms with Gasteiger partial charge in [-0.05, 0) is 73.5 Å². The summed E-state index contributed by atoms with van der Waals surface area (Å²) in [4.78, 5) is 46.0. The van der Waals surface area contributed by atoms with Gasteiger partial charge in [0.2, 0.25) is 11.8 Å². The van der Waals surface area contributed by atoms with Crippen molar-refractivity contribution in [1.82, 2.24) is 15.2 Å². The number of ketones is 1. The summed E-state index contributed by atoms with van der Waals surface area (Å²) in [6.45, 7) is 1.45. The van der Waals surface area contributed by atoms with Crippen LogP contribution in [-0.2, 0) is 32.6 Å². The fourth-order valence-corrected chi connectivity index (χ4v) is 7.38. The number of carbonyl (C=O) groups excluding carboxylic acids is 3. The van der Waals surface area contributed by atoms with Gasteiger partial charge in [0, 0.05) is 36.5 Å². The summed E-state index contributed by atoms with van der Waals surface area (Å²) in [5, 5.41) is 9.62. The third kappa shape index (κ3) is 4.14. The zero-order valence-corrected chi connectivity index (χ0v) is 22.4. The fraction of sp³-hybridized carbons (Fsp3) is 0.375. The minimum Gasteiger partial charge on any atom is -0.325 e. The highest BCUT2D eigenvalue weighted by Crippen LogP contribution is 2.47. The summed E-state index contributed by atoms with van der Waals surface area (Å²) in [7, 11) is 0. The minimum absolute atomic E-state index is 0.0138. The first-order valence-corrected chi connectivity index (χ1v) is 14.2. The second kappa shape index (κ2) is 9.64. The number of Topliss-reactive ketones (excluding diaryl/α,β-unsaturated/α-hetero) is 1. The van der Waals surface area contributed by atoms with E-state index in [4.69, 9.17) is 0 Å². The topological polar surface area (TPSA) is 103 Å². The molecule has 2 spiro atoms. The lowest BCUT2D eigenvalue weighted by atomic mass is 9.79. The number of hydrogen-bond acceptors (Lipinski definition) is 6. The molecule has 7 rings (SSSR count). The number of amides is 2. The Morgan fingerprint density at radius 1 is 1.05 bits per heavy atom. The number of anilines is 2. The number of rotatable bonds is 4. The minimum atomic E-state index is -0.640. The highest BCUT2D eigenvalue weighted by molar-refractivity contribution is 6.06. The Morgan fingerprint density at radius 2 is 1.90 bits per heavy atom. The first-order valence-electron chi connectivity index (χ1n) is 14.2. The molecule has 40 heavy (non-hydrogen) atoms. The van der Waals surface area contributed by atoms with Crippen LogP contribution >= 0.6 is 0 Å². The summed E-state index contributed by atoms with van der Waals surface area (Å²) in [5.74, 6) is 0.781. The van der Waals surface area contributed by atoms with Gasteiger partial charge >= 0.3 is 0 Å². The van der Waals surface area contributed by atoms with Gasteiger partial charge in [-0.25, -0.2) is 4.98 Å². The summed E-state index contributed by atoms with van der Waals surface area (Å²) in [6.07, 6.45) is 6.01. The van der Waals surface area contributed by atoms with Crippen molar-refractivity contribution in [1.29, 1.82) is 0 Å². The van der Waals surface area contributed by atoms with E-state index in [1.54, 1.807) is 6.20 Å². The van der Waals surface area contributed by atoms with Gasteiger partial charge in [0.05, 0.1) is 17.5 Å². The third-order valence-electron chi connectivity index (χ3n) is 9.33. The molecule has 2 aromatic carbocycles. The van der Waals surface area contributed by atoms with E-state index in [0.717, 1.165) is 53.7 Å². The van der Waals surface area contributed by atoms with Crippen LogP contribution in [0.4, 0.5) is 11.5 Å². The highest BCUT2D eigenvalue weighted by Gasteiger charge is 2.51. The predicted molar refractivity (Wildman–Crippen MR) is 152 cm³/mol. The van der Waals surface area contributed by atoms with Gasteiger partial charge in [0.25, 0.3) is 0 Å². The molecule has 2 aliphatic heterocycles. The quantitative estimate of drug-likeness (QED) is 0.472. The monoisotopic (exact) mass is 535 g/mol. The molecule has 1 saturated carbocycles. The lowest BCUT2D eigenvalue weighted by Gasteiger charge is -2.35. The Bertz CT molecular complexity index is 1510. The smallest absolute Gasteiger partial charge is 0.238 e. The first kappa shape index (κ1) is 25.1. The van der Waals surface area contributed by atoms with E-state index < -0.39 is 11.0 Å². The molecule has 1 saturated heterocycles. The Labute approximate surface area is 233 Å². The van der Waals surface area contributed by atoms with E-state index in [9.17, 15) is 14.4 Å². The molecule has 4 aliphatic rings. The van der Waals surface area contributed by atoms with E-state index in [1.165, 1.54) is 0 Å². The molecule has 8 nitrogen and oxygen atoms in total. The Hall–Kier alpha value is -3.88. The largest absolute Gasteiger partial charge is 0.325 e. The summed E-state index contributed by atoms with van der Waals surface area (Å²) >= 11 is 0. The number of aromatic nitrogens is 1. The SMILES string of the molecule is O=C(CN1CC2(CCCC2=O)NCC[C@H]1c1ccccc1)Nc1ccc2c(c1)C[C@@]1(C2)C(=O)Nc2ncccc21. The van der Waals surface area contributed by atoms with Crippen LogP contribution < -0.4 is 16.0 Å². The molecule has 3 atom stereocenters. The lowest BCUT2D eigenvalue weighted by Crippen LogP contribution is -2.55. The van der Waals surface area contributed by atoms with Crippen LogP contribution in [0.15, 0.2) is 66.9 Å². The molecule has 3 heterocycles. The molecule has 0 bridgehead atoms. The van der Waals surface area contributed by atoms with Crippen molar-refractivity contribution >= 4 is 29.1 Å². The van der Waals surface area contributed by atoms with Crippen LogP contribution in [0, 0.1) is 0 Å². The Kier molecular flexibility index (Phi) is 6.05. The van der Waals surface area contributed by atoms with Crippen molar-refractivity contribution in [3.8, 4) is 0 Å². The van der Waals surface area contributed by atoms with Crippen LogP contribution in [0.3, 0.4) is 0 Å². The molecule has 3 aromatic rings. The number of fused-ring (bicyclic) bond motifs is 3. The van der Waals surface area contributed by atoms with Crippen molar-refractivity contribution < 1.29 is 14.4 Å². The maximum atomic E-state index is 13.5. The molecule has 1 aromatic heterocycles. The number of carbonyl (C=O) groups is 3. The maximum Gasteiger partial charge on any atom is 0.238 e. The van der Waals surface area contributed by atoms with Gasteiger partial charge < -0.3 is 16.0 Å². The number of nitrogens with one attached hydrogen (secondary N) is 3. The van der Waals surface area contributed by atoms with Crippen LogP contribution in [0.2, 0.25) is 0 Å². The molecule has 2 aliphatic carbocycles. The van der Waals surface area contributed by atoms with Crippen LogP contribution in [0.5, 0.6) is 0 Å². The summed E-state index contributed by atoms with van der Waals surface area (Å²) in [6, 6.07) is 20.1. The van der Waals surface area contributed by atoms with Crippen molar-refractivity contribution in [3.05, 3.63) is 89.1 Å². The average molecular weight is 536 g/mol. The molecule has 2 amide bonds. The number of benzene rings is 2. The predicted octanol–water partition coefficient (Wildman–Crippen LogP) is 3.54. The van der Waals surface area contributed by atoms with Gasteiger partial charge in [0.15, 0.2) is 5.78 Å².